The van der Waals surface area contributed by atoms with Crippen molar-refractivity contribution >= 4 is 12.1 Å². The molecule has 0 spiro atoms. The highest BCUT2D eigenvalue weighted by molar-refractivity contribution is 5.75. The number of aliphatic hydroxyl groups excluding tert-OH is 1. The minimum atomic E-state index is -1.01. The van der Waals surface area contributed by atoms with Crippen LogP contribution in [0.2, 0.25) is 0 Å². The van der Waals surface area contributed by atoms with Gasteiger partial charge in [-0.05, 0) is 27.2 Å². The standard InChI is InChI=1S/C16H27NO6/c1-6-7-22-15(20)17-9-13(18)12(8-11(17)10-21-5)14(19)23-16(2,3)4/h6,11-13,18H,1,7-10H2,2-5H3/t11-,12?,13?/m0/s1. The predicted molar refractivity (Wildman–Crippen MR) is 83.9 cm³/mol. The van der Waals surface area contributed by atoms with Crippen LogP contribution >= 0.6 is 0 Å². The Morgan fingerprint density at radius 1 is 1.39 bits per heavy atom. The number of carbonyl (C=O) groups excluding carboxylic acids is 2. The Bertz CT molecular complexity index is 431. The topological polar surface area (TPSA) is 85.3 Å². The maximum Gasteiger partial charge on any atom is 0.410 e. The minimum Gasteiger partial charge on any atom is -0.460 e. The lowest BCUT2D eigenvalue weighted by Gasteiger charge is -2.40. The van der Waals surface area contributed by atoms with E-state index < -0.39 is 29.7 Å². The van der Waals surface area contributed by atoms with Crippen LogP contribution in [-0.4, -0.2) is 66.7 Å². The minimum absolute atomic E-state index is 0.00604. The molecule has 1 amide bonds. The zero-order chi connectivity index (χ0) is 17.6. The molecular formula is C16H27NO6. The van der Waals surface area contributed by atoms with Crippen LogP contribution in [0.5, 0.6) is 0 Å². The Kier molecular flexibility index (Phi) is 7.02. The molecule has 0 aromatic rings. The summed E-state index contributed by atoms with van der Waals surface area (Å²) in [5, 5.41) is 10.3. The monoisotopic (exact) mass is 329 g/mol. The summed E-state index contributed by atoms with van der Waals surface area (Å²) in [6.07, 6.45) is 0.156. The number of hydrogen-bond donors (Lipinski definition) is 1. The van der Waals surface area contributed by atoms with Gasteiger partial charge in [0.25, 0.3) is 0 Å². The van der Waals surface area contributed by atoms with E-state index in [1.807, 2.05) is 0 Å². The first kappa shape index (κ1) is 19.4. The van der Waals surface area contributed by atoms with Gasteiger partial charge in [-0.15, -0.1) is 0 Å². The van der Waals surface area contributed by atoms with E-state index in [2.05, 4.69) is 6.58 Å². The number of nitrogens with zero attached hydrogens (tertiary/aromatic N) is 1. The summed E-state index contributed by atoms with van der Waals surface area (Å²) < 4.78 is 15.5. The van der Waals surface area contributed by atoms with Gasteiger partial charge in [0.2, 0.25) is 0 Å². The Hall–Kier alpha value is -1.60. The number of aliphatic hydroxyl groups is 1. The number of β-amino-alcohol motifs (C(OH)–C–C–N with tert-alkyl or cyclic N) is 1. The second kappa shape index (κ2) is 8.31. The molecule has 1 heterocycles. The number of methoxy groups -OCH3 is 1. The Morgan fingerprint density at radius 2 is 2.04 bits per heavy atom. The molecule has 0 saturated carbocycles. The number of amides is 1. The molecule has 1 aliphatic rings. The third-order valence-corrected chi connectivity index (χ3v) is 3.44. The molecule has 0 aromatic heterocycles. The van der Waals surface area contributed by atoms with Crippen molar-refractivity contribution in [2.45, 2.75) is 44.9 Å². The zero-order valence-corrected chi connectivity index (χ0v) is 14.3. The van der Waals surface area contributed by atoms with Crippen molar-refractivity contribution in [3.63, 3.8) is 0 Å². The number of piperidine rings is 1. The molecule has 1 rings (SSSR count). The van der Waals surface area contributed by atoms with Gasteiger partial charge in [-0.3, -0.25) is 4.79 Å². The summed E-state index contributed by atoms with van der Waals surface area (Å²) in [5.41, 5.74) is -0.631. The van der Waals surface area contributed by atoms with Gasteiger partial charge in [0.1, 0.15) is 12.2 Å². The molecule has 0 aliphatic carbocycles. The first-order chi connectivity index (χ1) is 10.7. The second-order valence-electron chi connectivity index (χ2n) is 6.57. The molecule has 1 saturated heterocycles. The van der Waals surface area contributed by atoms with Gasteiger partial charge in [0.15, 0.2) is 0 Å². The van der Waals surface area contributed by atoms with Crippen molar-refractivity contribution in [3.8, 4) is 0 Å². The van der Waals surface area contributed by atoms with Crippen LogP contribution in [0.4, 0.5) is 4.79 Å². The van der Waals surface area contributed by atoms with Crippen LogP contribution in [0.25, 0.3) is 0 Å². The van der Waals surface area contributed by atoms with Gasteiger partial charge in [-0.1, -0.05) is 12.7 Å². The molecular weight excluding hydrogens is 302 g/mol. The molecule has 0 bridgehead atoms. The maximum atomic E-state index is 12.3. The van der Waals surface area contributed by atoms with Gasteiger partial charge in [0.05, 0.1) is 31.2 Å². The van der Waals surface area contributed by atoms with E-state index in [0.29, 0.717) is 0 Å². The summed E-state index contributed by atoms with van der Waals surface area (Å²) >= 11 is 0. The van der Waals surface area contributed by atoms with E-state index in [1.54, 1.807) is 20.8 Å². The number of hydrogen-bond acceptors (Lipinski definition) is 6. The fraction of sp³-hybridized carbons (Fsp3) is 0.750. The first-order valence-electron chi connectivity index (χ1n) is 7.63. The van der Waals surface area contributed by atoms with Gasteiger partial charge in [0, 0.05) is 7.11 Å². The van der Waals surface area contributed by atoms with E-state index in [1.165, 1.54) is 18.1 Å². The summed E-state index contributed by atoms with van der Waals surface area (Å²) in [6, 6.07) is -0.363. The molecule has 1 aliphatic heterocycles. The van der Waals surface area contributed by atoms with E-state index in [0.717, 1.165) is 0 Å². The second-order valence-corrected chi connectivity index (χ2v) is 6.57. The average molecular weight is 329 g/mol. The molecule has 0 radical (unpaired) electrons. The number of rotatable bonds is 5. The smallest absolute Gasteiger partial charge is 0.410 e. The lowest BCUT2D eigenvalue weighted by molar-refractivity contribution is -0.168. The number of carbonyl (C=O) groups is 2. The van der Waals surface area contributed by atoms with E-state index in [-0.39, 0.29) is 32.2 Å². The number of esters is 1. The van der Waals surface area contributed by atoms with Crippen LogP contribution in [0.1, 0.15) is 27.2 Å². The van der Waals surface area contributed by atoms with Crippen molar-refractivity contribution in [3.05, 3.63) is 12.7 Å². The predicted octanol–water partition coefficient (Wildman–Crippen LogP) is 1.35. The molecule has 1 fully saturated rings. The molecule has 7 nitrogen and oxygen atoms in total. The van der Waals surface area contributed by atoms with Gasteiger partial charge in [-0.2, -0.15) is 0 Å². The molecule has 0 aromatic carbocycles. The average Bonchev–Trinajstić information content (AvgIpc) is 2.44. The summed E-state index contributed by atoms with van der Waals surface area (Å²) in [5.74, 6) is -1.16. The number of ether oxygens (including phenoxy) is 3. The van der Waals surface area contributed by atoms with Gasteiger partial charge in [-0.25, -0.2) is 4.79 Å². The van der Waals surface area contributed by atoms with E-state index >= 15 is 0 Å². The first-order valence-corrected chi connectivity index (χ1v) is 7.63. The highest BCUT2D eigenvalue weighted by Gasteiger charge is 2.42. The third-order valence-electron chi connectivity index (χ3n) is 3.44. The van der Waals surface area contributed by atoms with Crippen molar-refractivity contribution in [1.82, 2.24) is 4.90 Å². The highest BCUT2D eigenvalue weighted by Crippen LogP contribution is 2.27. The molecule has 3 atom stereocenters. The van der Waals surface area contributed by atoms with Gasteiger partial charge < -0.3 is 24.2 Å². The fourth-order valence-corrected chi connectivity index (χ4v) is 2.47. The fourth-order valence-electron chi connectivity index (χ4n) is 2.47. The Morgan fingerprint density at radius 3 is 2.57 bits per heavy atom. The Labute approximate surface area is 137 Å². The van der Waals surface area contributed by atoms with Gasteiger partial charge >= 0.3 is 12.1 Å². The number of likely N-dealkylation sites (tertiary alicyclic amines) is 1. The van der Waals surface area contributed by atoms with E-state index in [4.69, 9.17) is 14.2 Å². The van der Waals surface area contributed by atoms with Crippen LogP contribution < -0.4 is 0 Å². The van der Waals surface area contributed by atoms with Crippen LogP contribution in [-0.2, 0) is 19.0 Å². The third kappa shape index (κ3) is 5.84. The lowest BCUT2D eigenvalue weighted by atomic mass is 9.88. The summed E-state index contributed by atoms with van der Waals surface area (Å²) in [7, 11) is 1.51. The van der Waals surface area contributed by atoms with Crippen LogP contribution in [0.3, 0.4) is 0 Å². The highest BCUT2D eigenvalue weighted by atomic mass is 16.6. The van der Waals surface area contributed by atoms with E-state index in [9.17, 15) is 14.7 Å². The molecule has 2 unspecified atom stereocenters. The lowest BCUT2D eigenvalue weighted by Crippen LogP contribution is -2.56. The normalized spacial score (nSPS) is 24.9. The van der Waals surface area contributed by atoms with Crippen molar-refractivity contribution < 1.29 is 28.9 Å². The zero-order valence-electron chi connectivity index (χ0n) is 14.3. The van der Waals surface area contributed by atoms with Crippen LogP contribution in [0.15, 0.2) is 12.7 Å². The molecule has 132 valence electrons. The molecule has 1 N–H and O–H groups in total. The summed E-state index contributed by atoms with van der Waals surface area (Å²) in [6.45, 7) is 9.12. The Balaban J connectivity index is 2.81. The van der Waals surface area contributed by atoms with Crippen molar-refractivity contribution in [2.75, 3.05) is 26.9 Å². The summed E-state index contributed by atoms with van der Waals surface area (Å²) in [4.78, 5) is 25.7. The molecule has 23 heavy (non-hydrogen) atoms. The van der Waals surface area contributed by atoms with Crippen LogP contribution in [0, 0.1) is 5.92 Å². The SMILES string of the molecule is C=CCOC(=O)N1CC(O)C(C(=O)OC(C)(C)C)C[C@H]1COC. The largest absolute Gasteiger partial charge is 0.460 e. The maximum absolute atomic E-state index is 12.3. The quantitative estimate of drug-likeness (QED) is 0.605. The molecule has 7 heteroatoms. The van der Waals surface area contributed by atoms with Crippen molar-refractivity contribution in [1.29, 1.82) is 0 Å². The van der Waals surface area contributed by atoms with Crippen molar-refractivity contribution in [2.24, 2.45) is 5.92 Å².